The minimum Gasteiger partial charge on any atom is -0.0530 e. The SMILES string of the molecule is C1CCC2CCCC(C1)C1CCCCC2CCC1. The highest BCUT2D eigenvalue weighted by Crippen LogP contribution is 2.42. The summed E-state index contributed by atoms with van der Waals surface area (Å²) in [6.07, 6.45) is 21.9. The van der Waals surface area contributed by atoms with E-state index in [-0.39, 0.29) is 0 Å². The standard InChI is InChI=1S/C18H32/c1-2-8-16-12-5-11-15(7-1)17-9-3-4-10-18(16)14-6-13-17/h15-18H,1-14H2. The molecule has 0 radical (unpaired) electrons. The Hall–Kier alpha value is 0. The first kappa shape index (κ1) is 13.0. The van der Waals surface area contributed by atoms with E-state index in [1.807, 2.05) is 0 Å². The molecule has 0 spiro atoms. The third-order valence-corrected chi connectivity index (χ3v) is 6.43. The molecule has 0 nitrogen and oxygen atoms in total. The molecule has 4 bridgehead atoms. The van der Waals surface area contributed by atoms with Crippen LogP contribution in [-0.4, -0.2) is 0 Å². The Bertz CT molecular complexity index is 194. The fraction of sp³-hybridized carbons (Fsp3) is 1.00. The summed E-state index contributed by atoms with van der Waals surface area (Å²) in [6, 6.07) is 0. The van der Waals surface area contributed by atoms with Crippen LogP contribution in [0.15, 0.2) is 0 Å². The largest absolute Gasteiger partial charge is 0.0530 e. The third kappa shape index (κ3) is 3.11. The van der Waals surface area contributed by atoms with Gasteiger partial charge in [-0.3, -0.25) is 0 Å². The molecule has 0 saturated heterocycles. The molecule has 0 aromatic carbocycles. The van der Waals surface area contributed by atoms with E-state index in [1.54, 1.807) is 89.9 Å². The first-order chi connectivity index (χ1) is 8.93. The van der Waals surface area contributed by atoms with Gasteiger partial charge < -0.3 is 0 Å². The fourth-order valence-corrected chi connectivity index (χ4v) is 5.37. The van der Waals surface area contributed by atoms with Crippen molar-refractivity contribution in [1.29, 1.82) is 0 Å². The maximum Gasteiger partial charge on any atom is -0.0386 e. The monoisotopic (exact) mass is 248 g/mol. The van der Waals surface area contributed by atoms with Crippen molar-refractivity contribution in [3.63, 3.8) is 0 Å². The van der Waals surface area contributed by atoms with Gasteiger partial charge in [0, 0.05) is 0 Å². The predicted molar refractivity (Wildman–Crippen MR) is 78.6 cm³/mol. The highest BCUT2D eigenvalue weighted by atomic mass is 14.3. The molecule has 0 amide bonds. The summed E-state index contributed by atoms with van der Waals surface area (Å²) in [5, 5.41) is 0. The first-order valence-electron chi connectivity index (χ1n) is 8.93. The maximum absolute atomic E-state index is 1.58. The van der Waals surface area contributed by atoms with Crippen molar-refractivity contribution in [3.8, 4) is 0 Å². The summed E-state index contributed by atoms with van der Waals surface area (Å²) in [5.74, 6) is 4.44. The zero-order chi connectivity index (χ0) is 12.2. The molecule has 4 atom stereocenters. The lowest BCUT2D eigenvalue weighted by atomic mass is 9.76. The molecular weight excluding hydrogens is 216 g/mol. The molecule has 3 rings (SSSR count). The van der Waals surface area contributed by atoms with Gasteiger partial charge in [-0.25, -0.2) is 0 Å². The normalized spacial score (nSPS) is 42.7. The maximum atomic E-state index is 1.58. The second-order valence-corrected chi connectivity index (χ2v) is 7.47. The summed E-state index contributed by atoms with van der Waals surface area (Å²) in [6.45, 7) is 0. The van der Waals surface area contributed by atoms with Crippen molar-refractivity contribution in [1.82, 2.24) is 0 Å². The lowest BCUT2D eigenvalue weighted by Gasteiger charge is -2.29. The van der Waals surface area contributed by atoms with Crippen molar-refractivity contribution < 1.29 is 0 Å². The van der Waals surface area contributed by atoms with Crippen molar-refractivity contribution in [3.05, 3.63) is 0 Å². The summed E-state index contributed by atoms with van der Waals surface area (Å²) >= 11 is 0. The lowest BCUT2D eigenvalue weighted by molar-refractivity contribution is 0.220. The van der Waals surface area contributed by atoms with Gasteiger partial charge in [0.15, 0.2) is 0 Å². The Kier molecular flexibility index (Phi) is 4.65. The molecule has 18 heavy (non-hydrogen) atoms. The van der Waals surface area contributed by atoms with E-state index in [2.05, 4.69) is 0 Å². The zero-order valence-corrected chi connectivity index (χ0v) is 12.2. The van der Waals surface area contributed by atoms with Crippen LogP contribution in [0.5, 0.6) is 0 Å². The highest BCUT2D eigenvalue weighted by molar-refractivity contribution is 4.81. The molecule has 0 aromatic heterocycles. The van der Waals surface area contributed by atoms with E-state index in [1.165, 1.54) is 0 Å². The van der Waals surface area contributed by atoms with Crippen LogP contribution in [0.3, 0.4) is 0 Å². The summed E-state index contributed by atoms with van der Waals surface area (Å²) in [5.41, 5.74) is 0. The molecule has 104 valence electrons. The van der Waals surface area contributed by atoms with Crippen LogP contribution in [0.25, 0.3) is 0 Å². The molecule has 3 aliphatic rings. The van der Waals surface area contributed by atoms with Crippen LogP contribution in [0.4, 0.5) is 0 Å². The van der Waals surface area contributed by atoms with Gasteiger partial charge in [0.05, 0.1) is 0 Å². The molecule has 0 N–H and O–H groups in total. The van der Waals surface area contributed by atoms with E-state index in [0.29, 0.717) is 0 Å². The molecule has 0 aromatic rings. The molecule has 4 unspecified atom stereocenters. The van der Waals surface area contributed by atoms with E-state index >= 15 is 0 Å². The molecule has 3 saturated carbocycles. The highest BCUT2D eigenvalue weighted by Gasteiger charge is 2.29. The molecule has 0 heterocycles. The Morgan fingerprint density at radius 2 is 0.500 bits per heavy atom. The van der Waals surface area contributed by atoms with Crippen molar-refractivity contribution in [2.75, 3.05) is 0 Å². The van der Waals surface area contributed by atoms with E-state index in [4.69, 9.17) is 0 Å². The average Bonchev–Trinajstić information content (AvgIpc) is 2.54. The Labute approximate surface area is 114 Å². The van der Waals surface area contributed by atoms with E-state index in [0.717, 1.165) is 23.7 Å². The molecule has 3 aliphatic carbocycles. The molecule has 3 fully saturated rings. The van der Waals surface area contributed by atoms with Gasteiger partial charge in [0.1, 0.15) is 0 Å². The Morgan fingerprint density at radius 1 is 0.278 bits per heavy atom. The summed E-state index contributed by atoms with van der Waals surface area (Å²) in [7, 11) is 0. The molecule has 0 heteroatoms. The van der Waals surface area contributed by atoms with Crippen LogP contribution < -0.4 is 0 Å². The Morgan fingerprint density at radius 3 is 0.778 bits per heavy atom. The second kappa shape index (κ2) is 6.44. The lowest BCUT2D eigenvalue weighted by Crippen LogP contribution is -2.18. The smallest absolute Gasteiger partial charge is 0.0386 e. The van der Waals surface area contributed by atoms with Crippen LogP contribution in [0.1, 0.15) is 89.9 Å². The van der Waals surface area contributed by atoms with Crippen LogP contribution in [0, 0.1) is 23.7 Å². The van der Waals surface area contributed by atoms with E-state index in [9.17, 15) is 0 Å². The van der Waals surface area contributed by atoms with Crippen molar-refractivity contribution in [2.24, 2.45) is 23.7 Å². The number of rotatable bonds is 0. The number of hydrogen-bond acceptors (Lipinski definition) is 0. The minimum absolute atomic E-state index is 1.11. The van der Waals surface area contributed by atoms with Crippen LogP contribution in [-0.2, 0) is 0 Å². The van der Waals surface area contributed by atoms with E-state index < -0.39 is 0 Å². The van der Waals surface area contributed by atoms with Crippen LogP contribution >= 0.6 is 0 Å². The van der Waals surface area contributed by atoms with Gasteiger partial charge in [-0.05, 0) is 23.7 Å². The summed E-state index contributed by atoms with van der Waals surface area (Å²) < 4.78 is 0. The minimum atomic E-state index is 1.11. The van der Waals surface area contributed by atoms with Gasteiger partial charge >= 0.3 is 0 Å². The third-order valence-electron chi connectivity index (χ3n) is 6.43. The molecular formula is C18H32. The summed E-state index contributed by atoms with van der Waals surface area (Å²) in [4.78, 5) is 0. The number of fused-ring (bicyclic) bond motifs is 10. The fourth-order valence-electron chi connectivity index (χ4n) is 5.37. The topological polar surface area (TPSA) is 0 Å². The zero-order valence-electron chi connectivity index (χ0n) is 12.2. The van der Waals surface area contributed by atoms with Crippen LogP contribution in [0.2, 0.25) is 0 Å². The van der Waals surface area contributed by atoms with Gasteiger partial charge in [0.2, 0.25) is 0 Å². The second-order valence-electron chi connectivity index (χ2n) is 7.47. The molecule has 0 aliphatic heterocycles. The van der Waals surface area contributed by atoms with Gasteiger partial charge in [-0.2, -0.15) is 0 Å². The van der Waals surface area contributed by atoms with Crippen molar-refractivity contribution >= 4 is 0 Å². The first-order valence-corrected chi connectivity index (χ1v) is 8.93. The Balaban J connectivity index is 1.83. The van der Waals surface area contributed by atoms with Gasteiger partial charge in [-0.15, -0.1) is 0 Å². The number of hydrogen-bond donors (Lipinski definition) is 0. The van der Waals surface area contributed by atoms with Crippen molar-refractivity contribution in [2.45, 2.75) is 89.9 Å². The quantitative estimate of drug-likeness (QED) is 0.496. The predicted octanol–water partition coefficient (Wildman–Crippen LogP) is 5.95. The average molecular weight is 248 g/mol. The van der Waals surface area contributed by atoms with Gasteiger partial charge in [0.25, 0.3) is 0 Å². The van der Waals surface area contributed by atoms with Gasteiger partial charge in [-0.1, -0.05) is 89.9 Å².